The van der Waals surface area contributed by atoms with Gasteiger partial charge >= 0.3 is 11.9 Å². The minimum absolute atomic E-state index is 0.0384. The van der Waals surface area contributed by atoms with E-state index in [4.69, 9.17) is 16.6 Å². The van der Waals surface area contributed by atoms with Gasteiger partial charge in [-0.2, -0.15) is 0 Å². The largest absolute Gasteiger partial charge is 0.508 e. The Morgan fingerprint density at radius 3 is 2.02 bits per heavy atom. The zero-order valence-electron chi connectivity index (χ0n) is 21.2. The number of amides is 4. The summed E-state index contributed by atoms with van der Waals surface area (Å²) in [7, 11) is 0. The first-order valence-electron chi connectivity index (χ1n) is 12.0. The van der Waals surface area contributed by atoms with Crippen LogP contribution in [-0.4, -0.2) is 85.0 Å². The van der Waals surface area contributed by atoms with Crippen molar-refractivity contribution in [3.05, 3.63) is 48.0 Å². The number of imidazole rings is 1. The van der Waals surface area contributed by atoms with E-state index in [9.17, 15) is 39.0 Å². The Morgan fingerprint density at radius 2 is 1.48 bits per heavy atom. The first kappa shape index (κ1) is 31.2. The van der Waals surface area contributed by atoms with Crippen LogP contribution < -0.4 is 27.4 Å². The van der Waals surface area contributed by atoms with Crippen LogP contribution in [-0.2, 0) is 41.6 Å². The molecule has 4 atom stereocenters. The molecule has 16 nitrogen and oxygen atoms in total. The number of aromatic amines is 1. The van der Waals surface area contributed by atoms with Gasteiger partial charge in [0.05, 0.1) is 18.8 Å². The van der Waals surface area contributed by atoms with Gasteiger partial charge in [-0.1, -0.05) is 12.1 Å². The maximum atomic E-state index is 13.2. The van der Waals surface area contributed by atoms with Gasteiger partial charge in [0.2, 0.25) is 23.6 Å². The highest BCUT2D eigenvalue weighted by Crippen LogP contribution is 2.12. The van der Waals surface area contributed by atoms with Gasteiger partial charge in [-0.3, -0.25) is 24.0 Å². The number of carbonyl (C=O) groups is 6. The summed E-state index contributed by atoms with van der Waals surface area (Å²) >= 11 is 0. The summed E-state index contributed by atoms with van der Waals surface area (Å²) in [5.41, 5.74) is 11.9. The molecule has 4 amide bonds. The number of carboxylic acid groups (broad SMARTS) is 2. The molecule has 1 aromatic heterocycles. The van der Waals surface area contributed by atoms with E-state index in [1.54, 1.807) is 0 Å². The average Bonchev–Trinajstić information content (AvgIpc) is 3.40. The summed E-state index contributed by atoms with van der Waals surface area (Å²) < 4.78 is 0. The summed E-state index contributed by atoms with van der Waals surface area (Å²) in [6, 6.07) is -0.0608. The summed E-state index contributed by atoms with van der Waals surface area (Å²) in [5, 5.41) is 34.8. The highest BCUT2D eigenvalue weighted by molar-refractivity contribution is 5.96. The highest BCUT2D eigenvalue weighted by Gasteiger charge is 2.31. The van der Waals surface area contributed by atoms with Crippen LogP contribution in [0.25, 0.3) is 0 Å². The lowest BCUT2D eigenvalue weighted by atomic mass is 10.0. The number of aromatic nitrogens is 2. The smallest absolute Gasteiger partial charge is 0.326 e. The minimum Gasteiger partial charge on any atom is -0.508 e. The Kier molecular flexibility index (Phi) is 11.6. The second-order valence-electron chi connectivity index (χ2n) is 8.88. The number of phenols is 1. The fourth-order valence-corrected chi connectivity index (χ4v) is 3.54. The molecule has 0 aliphatic heterocycles. The van der Waals surface area contributed by atoms with E-state index in [2.05, 4.69) is 25.9 Å². The van der Waals surface area contributed by atoms with Crippen LogP contribution >= 0.6 is 0 Å². The van der Waals surface area contributed by atoms with E-state index in [0.717, 1.165) is 0 Å². The standard InChI is InChI=1S/C24H31N7O9/c25-15(5-6-20(34)35)21(36)29-16(8-13-10-27-11-28-13)22(37)30-17(9-19(26)33)23(38)31-18(24(39)40)7-12-1-3-14(32)4-2-12/h1-4,10-11,15-18,32H,5-9,25H2,(H2,26,33)(H,27,28)(H,29,36)(H,30,37)(H,31,38)(H,34,35)(H,39,40). The molecule has 40 heavy (non-hydrogen) atoms. The third-order valence-electron chi connectivity index (χ3n) is 5.65. The fraction of sp³-hybridized carbons (Fsp3) is 0.375. The van der Waals surface area contributed by atoms with E-state index in [1.165, 1.54) is 36.8 Å². The van der Waals surface area contributed by atoms with Gasteiger partial charge < -0.3 is 47.7 Å². The lowest BCUT2D eigenvalue weighted by molar-refractivity contribution is -0.142. The maximum Gasteiger partial charge on any atom is 0.326 e. The molecular formula is C24H31N7O9. The third kappa shape index (κ3) is 10.4. The SMILES string of the molecule is NC(=O)CC(NC(=O)C(Cc1cnc[nH]1)NC(=O)C(N)CCC(=O)O)C(=O)NC(Cc1ccc(O)cc1)C(=O)O. The van der Waals surface area contributed by atoms with Gasteiger partial charge in [-0.15, -0.1) is 0 Å². The summed E-state index contributed by atoms with van der Waals surface area (Å²) in [5.74, 6) is -6.37. The average molecular weight is 562 g/mol. The Balaban J connectivity index is 2.18. The van der Waals surface area contributed by atoms with E-state index in [0.29, 0.717) is 11.3 Å². The van der Waals surface area contributed by atoms with Crippen molar-refractivity contribution in [3.63, 3.8) is 0 Å². The predicted molar refractivity (Wildman–Crippen MR) is 136 cm³/mol. The number of carboxylic acids is 2. The van der Waals surface area contributed by atoms with E-state index < -0.39 is 66.2 Å². The summed E-state index contributed by atoms with van der Waals surface area (Å²) in [6.45, 7) is 0. The van der Waals surface area contributed by atoms with Crippen LogP contribution in [0.15, 0.2) is 36.8 Å². The lowest BCUT2D eigenvalue weighted by Gasteiger charge is -2.24. The minimum atomic E-state index is -1.60. The predicted octanol–water partition coefficient (Wildman–Crippen LogP) is -2.49. The molecule has 11 N–H and O–H groups in total. The number of rotatable bonds is 16. The highest BCUT2D eigenvalue weighted by atomic mass is 16.4. The van der Waals surface area contributed by atoms with Crippen LogP contribution in [0, 0.1) is 0 Å². The van der Waals surface area contributed by atoms with E-state index >= 15 is 0 Å². The van der Waals surface area contributed by atoms with Crippen LogP contribution in [0.1, 0.15) is 30.5 Å². The van der Waals surface area contributed by atoms with Crippen LogP contribution in [0.4, 0.5) is 0 Å². The maximum absolute atomic E-state index is 13.2. The molecule has 1 aromatic carbocycles. The number of nitrogens with zero attached hydrogens (tertiary/aromatic N) is 1. The number of nitrogens with one attached hydrogen (secondary N) is 4. The molecule has 0 bridgehead atoms. The monoisotopic (exact) mass is 561 g/mol. The number of nitrogens with two attached hydrogens (primary N) is 2. The van der Waals surface area contributed by atoms with Crippen LogP contribution in [0.3, 0.4) is 0 Å². The molecule has 0 aliphatic rings. The quantitative estimate of drug-likeness (QED) is 0.103. The summed E-state index contributed by atoms with van der Waals surface area (Å²) in [6.07, 6.45) is 1.11. The first-order valence-corrected chi connectivity index (χ1v) is 12.0. The molecule has 216 valence electrons. The fourth-order valence-electron chi connectivity index (χ4n) is 3.54. The van der Waals surface area contributed by atoms with Gasteiger partial charge in [0.1, 0.15) is 23.9 Å². The number of aliphatic carboxylic acids is 2. The number of carbonyl (C=O) groups excluding carboxylic acids is 4. The molecule has 1 heterocycles. The third-order valence-corrected chi connectivity index (χ3v) is 5.65. The van der Waals surface area contributed by atoms with Gasteiger partial charge in [-0.25, -0.2) is 9.78 Å². The number of hydrogen-bond donors (Lipinski definition) is 9. The molecular weight excluding hydrogens is 530 g/mol. The Hall–Kier alpha value is -4.99. The molecule has 0 aliphatic carbocycles. The number of phenolic OH excluding ortho intramolecular Hbond substituents is 1. The molecule has 2 aromatic rings. The van der Waals surface area contributed by atoms with Crippen molar-refractivity contribution in [2.24, 2.45) is 11.5 Å². The number of benzene rings is 1. The molecule has 16 heteroatoms. The molecule has 0 radical (unpaired) electrons. The van der Waals surface area contributed by atoms with Gasteiger partial charge in [0, 0.05) is 31.2 Å². The van der Waals surface area contributed by atoms with Crippen LogP contribution in [0.5, 0.6) is 5.75 Å². The zero-order valence-corrected chi connectivity index (χ0v) is 21.2. The van der Waals surface area contributed by atoms with Crippen molar-refractivity contribution in [1.82, 2.24) is 25.9 Å². The van der Waals surface area contributed by atoms with Crippen molar-refractivity contribution < 1.29 is 44.1 Å². The normalized spacial score (nSPS) is 13.7. The van der Waals surface area contributed by atoms with Crippen molar-refractivity contribution in [2.45, 2.75) is 56.3 Å². The molecule has 0 saturated carbocycles. The topological polar surface area (TPSA) is 280 Å². The Labute approximate surface area is 227 Å². The van der Waals surface area contributed by atoms with E-state index in [-0.39, 0.29) is 31.4 Å². The number of H-pyrrole nitrogens is 1. The molecule has 0 fully saturated rings. The second-order valence-corrected chi connectivity index (χ2v) is 8.88. The Morgan fingerprint density at radius 1 is 0.875 bits per heavy atom. The molecule has 2 rings (SSSR count). The van der Waals surface area contributed by atoms with Gasteiger partial charge in [0.25, 0.3) is 0 Å². The van der Waals surface area contributed by atoms with Crippen molar-refractivity contribution in [2.75, 3.05) is 0 Å². The Bertz CT molecular complexity index is 1200. The number of hydrogen-bond acceptors (Lipinski definition) is 9. The zero-order chi connectivity index (χ0) is 29.8. The van der Waals surface area contributed by atoms with E-state index in [1.807, 2.05) is 0 Å². The first-order chi connectivity index (χ1) is 18.8. The number of aromatic hydroxyl groups is 1. The van der Waals surface area contributed by atoms with Gasteiger partial charge in [0.15, 0.2) is 0 Å². The van der Waals surface area contributed by atoms with Crippen molar-refractivity contribution in [3.8, 4) is 5.75 Å². The molecule has 4 unspecified atom stereocenters. The summed E-state index contributed by atoms with van der Waals surface area (Å²) in [4.78, 5) is 79.5. The number of primary amides is 1. The van der Waals surface area contributed by atoms with Crippen LogP contribution in [0.2, 0.25) is 0 Å². The molecule has 0 saturated heterocycles. The van der Waals surface area contributed by atoms with Crippen molar-refractivity contribution >= 4 is 35.6 Å². The lowest BCUT2D eigenvalue weighted by Crippen LogP contribution is -2.58. The van der Waals surface area contributed by atoms with Gasteiger partial charge in [-0.05, 0) is 24.1 Å². The second kappa shape index (κ2) is 14.8. The van der Waals surface area contributed by atoms with Crippen molar-refractivity contribution in [1.29, 1.82) is 0 Å². The molecule has 0 spiro atoms.